The fraction of sp³-hybridized carbons (Fsp3) is 0.407. The number of carbonyl (C=O) groups is 4. The van der Waals surface area contributed by atoms with Crippen molar-refractivity contribution in [2.75, 3.05) is 12.0 Å². The molecule has 3 amide bonds. The number of carboxylic acids is 1. The molecule has 0 saturated heterocycles. The number of phenolic OH excluding ortho intramolecular Hbond substituents is 2. The Morgan fingerprint density at radius 3 is 1.62 bits per heavy atom. The third-order valence-corrected chi connectivity index (χ3v) is 6.68. The number of carbonyl (C=O) groups excluding carboxylic acids is 3. The molecular formula is C27H36N4O8S. The third-order valence-electron chi connectivity index (χ3n) is 6.03. The zero-order valence-electron chi connectivity index (χ0n) is 22.2. The smallest absolute Gasteiger partial charge is 0.328 e. The molecule has 2 aromatic carbocycles. The van der Waals surface area contributed by atoms with E-state index >= 15 is 0 Å². The standard InChI is InChI=1S/C27H36N4O8S/c1-15(32)23(27(38)39)31-26(37)22(14-17-5-9-19(34)10-6-17)30-25(36)21(13-16-3-7-18(33)8-4-16)29-24(35)20(28)11-12-40-2/h3-10,15,20-23,32-34H,11-14,28H2,1-2H3,(H,29,35)(H,30,36)(H,31,37)(H,38,39). The highest BCUT2D eigenvalue weighted by Crippen LogP contribution is 2.14. The van der Waals surface area contributed by atoms with Gasteiger partial charge in [-0.05, 0) is 60.7 Å². The van der Waals surface area contributed by atoms with Gasteiger partial charge in [0.05, 0.1) is 12.1 Å². The molecule has 0 radical (unpaired) electrons. The molecule has 0 bridgehead atoms. The first-order chi connectivity index (χ1) is 18.9. The predicted octanol–water partition coefficient (Wildman–Crippen LogP) is -0.117. The number of rotatable bonds is 15. The van der Waals surface area contributed by atoms with Gasteiger partial charge < -0.3 is 42.1 Å². The molecule has 218 valence electrons. The summed E-state index contributed by atoms with van der Waals surface area (Å²) in [6.07, 6.45) is 0.749. The zero-order chi connectivity index (χ0) is 29.8. The summed E-state index contributed by atoms with van der Waals surface area (Å²) < 4.78 is 0. The summed E-state index contributed by atoms with van der Waals surface area (Å²) in [6.45, 7) is 1.20. The Bertz CT molecular complexity index is 1140. The van der Waals surface area contributed by atoms with E-state index in [0.29, 0.717) is 23.3 Å². The summed E-state index contributed by atoms with van der Waals surface area (Å²) in [5.74, 6) is -3.00. The van der Waals surface area contributed by atoms with Crippen LogP contribution in [0.3, 0.4) is 0 Å². The fourth-order valence-electron chi connectivity index (χ4n) is 3.72. The molecule has 12 nitrogen and oxygen atoms in total. The van der Waals surface area contributed by atoms with Crippen molar-refractivity contribution in [3.05, 3.63) is 59.7 Å². The van der Waals surface area contributed by atoms with Gasteiger partial charge in [-0.2, -0.15) is 11.8 Å². The predicted molar refractivity (Wildman–Crippen MR) is 150 cm³/mol. The summed E-state index contributed by atoms with van der Waals surface area (Å²) in [6, 6.07) is 6.90. The number of amides is 3. The minimum absolute atomic E-state index is 0.00603. The molecule has 13 heteroatoms. The molecule has 5 unspecified atom stereocenters. The van der Waals surface area contributed by atoms with E-state index in [9.17, 15) is 39.6 Å². The first-order valence-electron chi connectivity index (χ1n) is 12.5. The molecule has 9 N–H and O–H groups in total. The summed E-state index contributed by atoms with van der Waals surface area (Å²) in [7, 11) is 0. The number of hydrogen-bond donors (Lipinski definition) is 8. The molecule has 0 spiro atoms. The van der Waals surface area contributed by atoms with Crippen molar-refractivity contribution in [3.8, 4) is 11.5 Å². The Labute approximate surface area is 236 Å². The molecule has 0 aliphatic heterocycles. The van der Waals surface area contributed by atoms with Crippen LogP contribution < -0.4 is 21.7 Å². The minimum atomic E-state index is -1.63. The van der Waals surface area contributed by atoms with Gasteiger partial charge in [-0.25, -0.2) is 4.79 Å². The van der Waals surface area contributed by atoms with E-state index in [4.69, 9.17) is 5.73 Å². The summed E-state index contributed by atoms with van der Waals surface area (Å²) in [4.78, 5) is 51.0. The molecule has 0 fully saturated rings. The van der Waals surface area contributed by atoms with Crippen LogP contribution in [-0.4, -0.2) is 86.4 Å². The molecule has 0 aliphatic rings. The quantitative estimate of drug-likeness (QED) is 0.141. The number of aromatic hydroxyl groups is 2. The van der Waals surface area contributed by atoms with Crippen molar-refractivity contribution >= 4 is 35.5 Å². The lowest BCUT2D eigenvalue weighted by atomic mass is 10.0. The molecule has 0 heterocycles. The van der Waals surface area contributed by atoms with Crippen molar-refractivity contribution in [3.63, 3.8) is 0 Å². The zero-order valence-corrected chi connectivity index (χ0v) is 23.1. The van der Waals surface area contributed by atoms with Gasteiger partial charge in [-0.15, -0.1) is 0 Å². The van der Waals surface area contributed by atoms with Crippen LogP contribution in [0.1, 0.15) is 24.5 Å². The van der Waals surface area contributed by atoms with Gasteiger partial charge in [-0.1, -0.05) is 24.3 Å². The van der Waals surface area contributed by atoms with E-state index in [1.807, 2.05) is 6.26 Å². The number of hydrogen-bond acceptors (Lipinski definition) is 9. The first-order valence-corrected chi connectivity index (χ1v) is 13.9. The van der Waals surface area contributed by atoms with Gasteiger partial charge in [0.1, 0.15) is 23.6 Å². The largest absolute Gasteiger partial charge is 0.508 e. The van der Waals surface area contributed by atoms with Gasteiger partial charge in [0.25, 0.3) is 0 Å². The highest BCUT2D eigenvalue weighted by molar-refractivity contribution is 7.98. The normalized spacial score (nSPS) is 14.7. The van der Waals surface area contributed by atoms with E-state index in [1.54, 1.807) is 12.1 Å². The molecule has 0 aliphatic carbocycles. The highest BCUT2D eigenvalue weighted by atomic mass is 32.2. The van der Waals surface area contributed by atoms with Crippen molar-refractivity contribution in [1.82, 2.24) is 16.0 Å². The van der Waals surface area contributed by atoms with Gasteiger partial charge in [0.2, 0.25) is 17.7 Å². The molecule has 5 atom stereocenters. The van der Waals surface area contributed by atoms with Crippen LogP contribution in [0.5, 0.6) is 11.5 Å². The summed E-state index contributed by atoms with van der Waals surface area (Å²) in [5, 5.41) is 45.9. The number of carboxylic acid groups (broad SMARTS) is 1. The van der Waals surface area contributed by atoms with E-state index in [0.717, 1.165) is 0 Å². The van der Waals surface area contributed by atoms with Crippen LogP contribution in [0.15, 0.2) is 48.5 Å². The summed E-state index contributed by atoms with van der Waals surface area (Å²) in [5.41, 5.74) is 7.14. The molecule has 0 saturated carbocycles. The second kappa shape index (κ2) is 15.7. The lowest BCUT2D eigenvalue weighted by Gasteiger charge is -2.26. The Hall–Kier alpha value is -3.81. The minimum Gasteiger partial charge on any atom is -0.508 e. The van der Waals surface area contributed by atoms with Gasteiger partial charge in [-0.3, -0.25) is 14.4 Å². The van der Waals surface area contributed by atoms with Crippen molar-refractivity contribution in [1.29, 1.82) is 0 Å². The Balaban J connectivity index is 2.33. The number of aliphatic hydroxyl groups is 1. The SMILES string of the molecule is CSCCC(N)C(=O)NC(Cc1ccc(O)cc1)C(=O)NC(Cc1ccc(O)cc1)C(=O)NC(C(=O)O)C(C)O. The average Bonchev–Trinajstić information content (AvgIpc) is 2.91. The van der Waals surface area contributed by atoms with E-state index in [1.165, 1.54) is 55.1 Å². The van der Waals surface area contributed by atoms with E-state index < -0.39 is 54.0 Å². The topological polar surface area (TPSA) is 211 Å². The number of phenols is 2. The maximum atomic E-state index is 13.5. The number of nitrogens with one attached hydrogen (secondary N) is 3. The van der Waals surface area contributed by atoms with Crippen molar-refractivity contribution in [2.24, 2.45) is 5.73 Å². The van der Waals surface area contributed by atoms with Crippen molar-refractivity contribution in [2.45, 2.75) is 56.5 Å². The second-order valence-corrected chi connectivity index (χ2v) is 10.3. The monoisotopic (exact) mass is 576 g/mol. The van der Waals surface area contributed by atoms with Crippen molar-refractivity contribution < 1.29 is 39.6 Å². The molecule has 40 heavy (non-hydrogen) atoms. The van der Waals surface area contributed by atoms with Crippen LogP contribution in [0, 0.1) is 0 Å². The molecular weight excluding hydrogens is 540 g/mol. The van der Waals surface area contributed by atoms with E-state index in [2.05, 4.69) is 16.0 Å². The number of thioether (sulfide) groups is 1. The number of benzene rings is 2. The fourth-order valence-corrected chi connectivity index (χ4v) is 4.21. The maximum absolute atomic E-state index is 13.5. The Morgan fingerprint density at radius 1 is 0.800 bits per heavy atom. The second-order valence-electron chi connectivity index (χ2n) is 9.32. The first kappa shape index (κ1) is 32.4. The van der Waals surface area contributed by atoms with Crippen LogP contribution in [0.25, 0.3) is 0 Å². The third kappa shape index (κ3) is 10.4. The Morgan fingerprint density at radius 2 is 1.23 bits per heavy atom. The molecule has 2 aromatic rings. The molecule has 0 aromatic heterocycles. The number of aliphatic hydroxyl groups excluding tert-OH is 1. The molecule has 2 rings (SSSR count). The van der Waals surface area contributed by atoms with Crippen LogP contribution in [-0.2, 0) is 32.0 Å². The van der Waals surface area contributed by atoms with Gasteiger partial charge >= 0.3 is 5.97 Å². The summed E-state index contributed by atoms with van der Waals surface area (Å²) >= 11 is 1.52. The van der Waals surface area contributed by atoms with Gasteiger partial charge in [0.15, 0.2) is 6.04 Å². The van der Waals surface area contributed by atoms with E-state index in [-0.39, 0.29) is 24.3 Å². The number of aliphatic carboxylic acids is 1. The highest BCUT2D eigenvalue weighted by Gasteiger charge is 2.32. The van der Waals surface area contributed by atoms with Crippen LogP contribution >= 0.6 is 11.8 Å². The number of nitrogens with two attached hydrogens (primary N) is 1. The lowest BCUT2D eigenvalue weighted by Crippen LogP contribution is -2.59. The van der Waals surface area contributed by atoms with Crippen LogP contribution in [0.2, 0.25) is 0 Å². The Kier molecular flexibility index (Phi) is 12.7. The average molecular weight is 577 g/mol. The van der Waals surface area contributed by atoms with Gasteiger partial charge in [0, 0.05) is 12.8 Å². The van der Waals surface area contributed by atoms with Crippen LogP contribution in [0.4, 0.5) is 0 Å². The maximum Gasteiger partial charge on any atom is 0.328 e. The lowest BCUT2D eigenvalue weighted by molar-refractivity contribution is -0.145.